The molecule has 0 amide bonds. The highest BCUT2D eigenvalue weighted by Gasteiger charge is 2.39. The molecule has 5 aromatic rings. The van der Waals surface area contributed by atoms with E-state index in [-0.39, 0.29) is 106 Å². The predicted molar refractivity (Wildman–Crippen MR) is 492 cm³/mol. The number of unbranched alkanes of at least 4 members (excludes halogenated alkanes) is 15. The van der Waals surface area contributed by atoms with Crippen molar-refractivity contribution in [3.63, 3.8) is 0 Å². The van der Waals surface area contributed by atoms with Crippen LogP contribution in [0.25, 0.3) is 0 Å². The van der Waals surface area contributed by atoms with Crippen LogP contribution < -0.4 is 0 Å². The summed E-state index contributed by atoms with van der Waals surface area (Å²) in [4.78, 5) is 68.3. The van der Waals surface area contributed by atoms with Crippen molar-refractivity contribution in [2.75, 3.05) is 33.0 Å². The second-order valence-electron chi connectivity index (χ2n) is 42.7. The third kappa shape index (κ3) is 35.0. The van der Waals surface area contributed by atoms with Crippen molar-refractivity contribution >= 4 is 29.8 Å². The van der Waals surface area contributed by atoms with Gasteiger partial charge in [-0.3, -0.25) is 24.0 Å². The number of carbonyl (C=O) groups is 5. The fraction of sp³-hybridized carbons (Fsp3) is 0.667. The van der Waals surface area contributed by atoms with E-state index in [1.54, 1.807) is 0 Å². The molecule has 0 aliphatic rings. The zero-order valence-corrected chi connectivity index (χ0v) is 80.2. The van der Waals surface area contributed by atoms with Crippen molar-refractivity contribution in [3.8, 4) is 28.7 Å². The first-order chi connectivity index (χ1) is 55.5. The van der Waals surface area contributed by atoms with Gasteiger partial charge in [-0.05, 0) is 178 Å². The Morgan fingerprint density at radius 1 is 0.258 bits per heavy atom. The Labute approximate surface area is 726 Å². The highest BCUT2D eigenvalue weighted by Crippen LogP contribution is 2.45. The minimum Gasteiger partial charge on any atom is -0.507 e. The van der Waals surface area contributed by atoms with Gasteiger partial charge < -0.3 is 49.2 Å². The molecule has 0 unspecified atom stereocenters. The SMILES string of the molecule is CC(C)c1cc(CCC(=O)OCC(COC(=O)CCc2cc(C(C)C)c(O)c(C(C)(C)C)c2)(COC(=O)CCc2cc(C(C)C)c(O)c(C(C)(C)C)c2)COC(=O)CCc2cc(C(C)(C)C)c(O)c(C(C)(C)C)c2)cc(C(C)(C)C)c1O.CCCCCCCCCCCCCCCCCCOC(=O)CCc1cc(C(C)(C)C)c(O)c(C(C)(C)C)c1. The van der Waals surface area contributed by atoms with Crippen LogP contribution in [0.2, 0.25) is 0 Å². The van der Waals surface area contributed by atoms with E-state index in [0.29, 0.717) is 44.5 Å². The summed E-state index contributed by atoms with van der Waals surface area (Å²) in [6, 6.07) is 19.5. The summed E-state index contributed by atoms with van der Waals surface area (Å²) in [6.45, 7) is 56.1. The van der Waals surface area contributed by atoms with Gasteiger partial charge in [-0.15, -0.1) is 0 Å². The number of phenolic OH excluding ortho intramolecular Hbond substituents is 5. The molecule has 5 N–H and O–H groups in total. The molecule has 5 aromatic carbocycles. The minimum atomic E-state index is -1.57. The van der Waals surface area contributed by atoms with Crippen LogP contribution >= 0.6 is 0 Å². The molecule has 0 saturated heterocycles. The molecule has 0 saturated carbocycles. The standard InChI is InChI=1S/C70H102O12.C35H62O3/c1-42(2)49-30-45(33-52(61(49)75)65(7,8)9)22-26-57(71)79-38-70(39-80-58(72)27-23-46-31-50(43(3)4)62(76)53(34-46)66(10,11)12,40-81-59(73)28-24-47-32-51(44(5)6)63(77)54(35-47)67(13,14)15)41-82-60(74)29-25-48-36-55(68(16,17)18)64(78)56(37-48)69(19,20)21;1-8-9-10-11-12-13-14-15-16-17-18-19-20-21-22-23-26-38-32(36)25-24-29-27-30(34(2,3)4)33(37)31(28-29)35(5,6)7/h30-37,42-44,75-78H,22-29,38-41H2,1-21H3;27-28,37H,8-26H2,1-7H3. The summed E-state index contributed by atoms with van der Waals surface area (Å²) in [5.41, 5.74) is 8.69. The van der Waals surface area contributed by atoms with Gasteiger partial charge in [-0.1, -0.05) is 351 Å². The van der Waals surface area contributed by atoms with Crippen LogP contribution in [-0.2, 0) is 118 Å². The lowest BCUT2D eigenvalue weighted by Crippen LogP contribution is -2.44. The number of aryl methyl sites for hydroxylation is 5. The van der Waals surface area contributed by atoms with Gasteiger partial charge in [-0.25, -0.2) is 0 Å². The van der Waals surface area contributed by atoms with Gasteiger partial charge in [-0.2, -0.15) is 0 Å². The maximum atomic E-state index is 14.0. The molecule has 0 spiro atoms. The lowest BCUT2D eigenvalue weighted by molar-refractivity contribution is -0.170. The Morgan fingerprint density at radius 3 is 0.625 bits per heavy atom. The van der Waals surface area contributed by atoms with E-state index >= 15 is 0 Å². The summed E-state index contributed by atoms with van der Waals surface area (Å²) in [5, 5.41) is 56.0. The van der Waals surface area contributed by atoms with Crippen molar-refractivity contribution in [2.24, 2.45) is 5.41 Å². The van der Waals surface area contributed by atoms with Crippen LogP contribution in [0.15, 0.2) is 60.7 Å². The first-order valence-electron chi connectivity index (χ1n) is 45.6. The molecule has 120 heavy (non-hydrogen) atoms. The maximum Gasteiger partial charge on any atom is 0.306 e. The van der Waals surface area contributed by atoms with E-state index in [1.165, 1.54) is 89.9 Å². The predicted octanol–water partition coefficient (Wildman–Crippen LogP) is 26.1. The summed E-state index contributed by atoms with van der Waals surface area (Å²) >= 11 is 0. The van der Waals surface area contributed by atoms with Gasteiger partial charge in [0, 0.05) is 32.1 Å². The number of hydrogen-bond acceptors (Lipinski definition) is 15. The molecule has 674 valence electrons. The highest BCUT2D eigenvalue weighted by molar-refractivity contribution is 5.73. The number of rotatable bonds is 43. The molecule has 15 heteroatoms. The second-order valence-corrected chi connectivity index (χ2v) is 42.7. The molecule has 0 bridgehead atoms. The number of benzene rings is 5. The average Bonchev–Trinajstić information content (AvgIpc) is 0.784. The number of esters is 5. The molecule has 5 rings (SSSR count). The molecule has 0 atom stereocenters. The number of carbonyl (C=O) groups excluding carboxylic acids is 5. The summed E-state index contributed by atoms with van der Waals surface area (Å²) < 4.78 is 29.8. The topological polar surface area (TPSA) is 233 Å². The number of ether oxygens (including phenoxy) is 5. The number of aromatic hydroxyl groups is 5. The molecule has 15 nitrogen and oxygen atoms in total. The zero-order chi connectivity index (χ0) is 90.7. The molecule has 0 aliphatic heterocycles. The van der Waals surface area contributed by atoms with Crippen molar-refractivity contribution in [1.29, 1.82) is 0 Å². The fourth-order valence-electron chi connectivity index (χ4n) is 15.2. The molecule has 0 fully saturated rings. The zero-order valence-electron chi connectivity index (χ0n) is 80.2. The molecular formula is C105H164O15. The van der Waals surface area contributed by atoms with Crippen molar-refractivity contribution in [3.05, 3.63) is 144 Å². The third-order valence-corrected chi connectivity index (χ3v) is 23.0. The molecule has 0 aromatic heterocycles. The fourth-order valence-corrected chi connectivity index (χ4v) is 15.2. The third-order valence-electron chi connectivity index (χ3n) is 23.0. The first-order valence-corrected chi connectivity index (χ1v) is 45.6. The van der Waals surface area contributed by atoms with E-state index in [0.717, 1.165) is 96.3 Å². The Balaban J connectivity index is 0.000000664. The lowest BCUT2D eigenvalue weighted by atomic mass is 9.78. The lowest BCUT2D eigenvalue weighted by Gasteiger charge is -2.32. The van der Waals surface area contributed by atoms with Gasteiger partial charge in [0.05, 0.1) is 6.61 Å². The van der Waals surface area contributed by atoms with Crippen LogP contribution in [-0.4, -0.2) is 88.4 Å². The first kappa shape index (κ1) is 105. The van der Waals surface area contributed by atoms with Crippen molar-refractivity contribution in [2.45, 2.75) is 416 Å². The normalized spacial score (nSPS) is 12.6. The quantitative estimate of drug-likeness (QED) is 0.0139. The van der Waals surface area contributed by atoms with Crippen LogP contribution in [0, 0.1) is 5.41 Å². The van der Waals surface area contributed by atoms with E-state index in [2.05, 4.69) is 60.6 Å². The molecule has 0 radical (unpaired) electrons. The van der Waals surface area contributed by atoms with E-state index in [9.17, 15) is 49.5 Å². The van der Waals surface area contributed by atoms with Crippen molar-refractivity contribution < 1.29 is 73.2 Å². The van der Waals surface area contributed by atoms with Gasteiger partial charge in [0.1, 0.15) is 60.6 Å². The van der Waals surface area contributed by atoms with Gasteiger partial charge in [0.15, 0.2) is 0 Å². The highest BCUT2D eigenvalue weighted by atomic mass is 16.6. The molecular weight excluding hydrogens is 1500 g/mol. The Kier molecular flexibility index (Phi) is 40.9. The molecule has 0 aliphatic carbocycles. The largest absolute Gasteiger partial charge is 0.507 e. The Bertz CT molecular complexity index is 3780. The van der Waals surface area contributed by atoms with Crippen molar-refractivity contribution in [1.82, 2.24) is 0 Å². The molecule has 0 heterocycles. The summed E-state index contributed by atoms with van der Waals surface area (Å²) in [6.07, 6.45) is 23.5. The second kappa shape index (κ2) is 46.8. The van der Waals surface area contributed by atoms with Crippen LogP contribution in [0.1, 0.15) is 430 Å². The number of phenols is 5. The monoisotopic (exact) mass is 1670 g/mol. The summed E-state index contributed by atoms with van der Waals surface area (Å²) in [7, 11) is 0. The Hall–Kier alpha value is -7.55. The Morgan fingerprint density at radius 2 is 0.433 bits per heavy atom. The van der Waals surface area contributed by atoms with Gasteiger partial charge in [0.25, 0.3) is 0 Å². The average molecular weight is 1670 g/mol. The van der Waals surface area contributed by atoms with Crippen LogP contribution in [0.3, 0.4) is 0 Å². The maximum absolute atomic E-state index is 14.0. The van der Waals surface area contributed by atoms with Gasteiger partial charge in [0.2, 0.25) is 0 Å². The summed E-state index contributed by atoms with van der Waals surface area (Å²) in [5.74, 6) is -1.10. The van der Waals surface area contributed by atoms with E-state index < -0.39 is 66.5 Å². The van der Waals surface area contributed by atoms with E-state index in [1.807, 2.05) is 194 Å². The minimum absolute atomic E-state index is 0.0175. The van der Waals surface area contributed by atoms with Gasteiger partial charge >= 0.3 is 29.8 Å². The number of hydrogen-bond donors (Lipinski definition) is 5. The van der Waals surface area contributed by atoms with E-state index in [4.69, 9.17) is 23.7 Å². The van der Waals surface area contributed by atoms with Crippen LogP contribution in [0.4, 0.5) is 0 Å². The smallest absolute Gasteiger partial charge is 0.306 e. The van der Waals surface area contributed by atoms with Crippen LogP contribution in [0.5, 0.6) is 28.7 Å².